The molecule has 224 valence electrons. The largest absolute Gasteiger partial charge is 0.456 e. The Kier molecular flexibility index (Phi) is 5.23. The molecule has 11 rings (SSSR count). The molecule has 0 N–H and O–H groups in total. The summed E-state index contributed by atoms with van der Waals surface area (Å²) in [7, 11) is 0. The van der Waals surface area contributed by atoms with Crippen molar-refractivity contribution in [1.29, 1.82) is 0 Å². The second kappa shape index (κ2) is 9.67. The fourth-order valence-corrected chi connectivity index (χ4v) is 8.40. The average molecular weight is 634 g/mol. The van der Waals surface area contributed by atoms with Gasteiger partial charge in [0.05, 0.1) is 16.7 Å². The Labute approximate surface area is 277 Å². The lowest BCUT2D eigenvalue weighted by Crippen LogP contribution is -2.10. The summed E-state index contributed by atoms with van der Waals surface area (Å²) in [6.45, 7) is 0. The van der Waals surface area contributed by atoms with Crippen molar-refractivity contribution in [3.8, 4) is 34.4 Å². The van der Waals surface area contributed by atoms with Gasteiger partial charge in [0, 0.05) is 47.8 Å². The summed E-state index contributed by atoms with van der Waals surface area (Å²) >= 11 is 1.82. The van der Waals surface area contributed by atoms with Crippen molar-refractivity contribution in [2.24, 2.45) is 0 Å². The van der Waals surface area contributed by atoms with Gasteiger partial charge in [0.1, 0.15) is 16.8 Å². The first-order valence-electron chi connectivity index (χ1n) is 15.9. The molecule has 48 heavy (non-hydrogen) atoms. The van der Waals surface area contributed by atoms with Gasteiger partial charge in [-0.2, -0.15) is 9.97 Å². The first kappa shape index (κ1) is 25.9. The van der Waals surface area contributed by atoms with E-state index in [9.17, 15) is 0 Å². The zero-order chi connectivity index (χ0) is 31.3. The van der Waals surface area contributed by atoms with Crippen LogP contribution in [0.3, 0.4) is 0 Å². The van der Waals surface area contributed by atoms with Gasteiger partial charge < -0.3 is 4.42 Å². The van der Waals surface area contributed by atoms with Crippen LogP contribution in [0.15, 0.2) is 154 Å². The monoisotopic (exact) mass is 633 g/mol. The van der Waals surface area contributed by atoms with Crippen LogP contribution in [0.2, 0.25) is 0 Å². The van der Waals surface area contributed by atoms with Crippen molar-refractivity contribution in [3.05, 3.63) is 140 Å². The Bertz CT molecular complexity index is 2940. The third-order valence-electron chi connectivity index (χ3n) is 9.37. The third kappa shape index (κ3) is 3.56. The molecule has 5 heterocycles. The quantitative estimate of drug-likeness (QED) is 0.194. The van der Waals surface area contributed by atoms with E-state index >= 15 is 0 Å². The number of nitrogens with zero attached hydrogens (tertiary/aromatic N) is 5. The Morgan fingerprint density at radius 2 is 1.21 bits per heavy atom. The molecule has 10 aromatic rings. The molecule has 7 heteroatoms. The molecule has 0 radical (unpaired) electrons. The molecule has 0 bridgehead atoms. The van der Waals surface area contributed by atoms with Crippen LogP contribution in [0.4, 0.5) is 0 Å². The molecule has 0 unspecified atom stereocenters. The van der Waals surface area contributed by atoms with E-state index in [0.717, 1.165) is 55.3 Å². The first-order chi connectivity index (χ1) is 23.8. The Balaban J connectivity index is 1.26. The number of benzene rings is 6. The fourth-order valence-electron chi connectivity index (χ4n) is 7.31. The lowest BCUT2D eigenvalue weighted by Gasteiger charge is -2.20. The normalized spacial score (nSPS) is 12.5. The SMILES string of the molecule is c1ccc(-c2nc(-c3ccc4c(c3)oc3ccccc34)nc(-n3c4ccccc4c4c5cccc6c5n(c43)-c3ccccc3S6)n2)cc1. The van der Waals surface area contributed by atoms with E-state index in [4.69, 9.17) is 19.4 Å². The molecule has 4 aromatic heterocycles. The van der Waals surface area contributed by atoms with Gasteiger partial charge in [-0.25, -0.2) is 4.98 Å². The van der Waals surface area contributed by atoms with Gasteiger partial charge >= 0.3 is 0 Å². The maximum atomic E-state index is 6.28. The highest BCUT2D eigenvalue weighted by Crippen LogP contribution is 2.49. The number of furan rings is 1. The lowest BCUT2D eigenvalue weighted by molar-refractivity contribution is 0.669. The Morgan fingerprint density at radius 3 is 2.12 bits per heavy atom. The number of fused-ring (bicyclic) bond motifs is 10. The van der Waals surface area contributed by atoms with Crippen LogP contribution in [-0.2, 0) is 0 Å². The van der Waals surface area contributed by atoms with Gasteiger partial charge in [-0.1, -0.05) is 109 Å². The molecule has 6 nitrogen and oxygen atoms in total. The minimum atomic E-state index is 0.561. The zero-order valence-electron chi connectivity index (χ0n) is 25.3. The maximum absolute atomic E-state index is 6.28. The summed E-state index contributed by atoms with van der Waals surface area (Å²) in [5.41, 5.74) is 7.88. The van der Waals surface area contributed by atoms with Gasteiger partial charge in [0.15, 0.2) is 11.6 Å². The van der Waals surface area contributed by atoms with Crippen LogP contribution in [0.25, 0.3) is 89.2 Å². The van der Waals surface area contributed by atoms with Crippen molar-refractivity contribution >= 4 is 66.5 Å². The molecule has 1 aliphatic rings. The van der Waals surface area contributed by atoms with Gasteiger partial charge in [0.2, 0.25) is 5.95 Å². The molecule has 0 saturated carbocycles. The summed E-state index contributed by atoms with van der Waals surface area (Å²) in [5, 5.41) is 5.72. The second-order valence-electron chi connectivity index (χ2n) is 12.1. The predicted octanol–water partition coefficient (Wildman–Crippen LogP) is 10.6. The van der Waals surface area contributed by atoms with Crippen molar-refractivity contribution in [2.75, 3.05) is 0 Å². The van der Waals surface area contributed by atoms with E-state index < -0.39 is 0 Å². The smallest absolute Gasteiger partial charge is 0.239 e. The molecule has 0 atom stereocenters. The molecular weight excluding hydrogens is 611 g/mol. The molecule has 6 aromatic carbocycles. The Morgan fingerprint density at radius 1 is 0.500 bits per heavy atom. The predicted molar refractivity (Wildman–Crippen MR) is 193 cm³/mol. The minimum absolute atomic E-state index is 0.561. The van der Waals surface area contributed by atoms with Crippen molar-refractivity contribution in [2.45, 2.75) is 9.79 Å². The number of hydrogen-bond donors (Lipinski definition) is 0. The third-order valence-corrected chi connectivity index (χ3v) is 10.5. The zero-order valence-corrected chi connectivity index (χ0v) is 26.1. The summed E-state index contributed by atoms with van der Waals surface area (Å²) in [4.78, 5) is 18.0. The highest BCUT2D eigenvalue weighted by atomic mass is 32.2. The topological polar surface area (TPSA) is 61.7 Å². The highest BCUT2D eigenvalue weighted by Gasteiger charge is 2.28. The maximum Gasteiger partial charge on any atom is 0.239 e. The van der Waals surface area contributed by atoms with Gasteiger partial charge in [-0.05, 0) is 42.5 Å². The van der Waals surface area contributed by atoms with Crippen LogP contribution in [0.1, 0.15) is 0 Å². The van der Waals surface area contributed by atoms with E-state index in [-0.39, 0.29) is 0 Å². The van der Waals surface area contributed by atoms with Crippen LogP contribution in [0, 0.1) is 0 Å². The summed E-state index contributed by atoms with van der Waals surface area (Å²) < 4.78 is 10.9. The number of hydrogen-bond acceptors (Lipinski definition) is 5. The standard InChI is InChI=1S/C41H23N5OS/c1-2-11-24(12-3-1)38-42-39(25-21-22-27-26-13-5-8-18-32(26)47-33(27)23-25)44-41(43-38)46-30-16-6-4-14-28(30)36-29-15-10-20-35-37(29)45(40(36)46)31-17-7-9-19-34(31)48-35/h1-23H. The summed E-state index contributed by atoms with van der Waals surface area (Å²) in [6.07, 6.45) is 0. The average Bonchev–Trinajstić information content (AvgIpc) is 3.80. The van der Waals surface area contributed by atoms with Crippen LogP contribution >= 0.6 is 11.8 Å². The van der Waals surface area contributed by atoms with Gasteiger partial charge in [0.25, 0.3) is 0 Å². The van der Waals surface area contributed by atoms with Crippen molar-refractivity contribution in [3.63, 3.8) is 0 Å². The molecule has 0 saturated heterocycles. The van der Waals surface area contributed by atoms with E-state index in [1.54, 1.807) is 0 Å². The molecule has 0 amide bonds. The summed E-state index contributed by atoms with van der Waals surface area (Å²) in [6, 6.07) is 48.3. The van der Waals surface area contributed by atoms with Crippen molar-refractivity contribution in [1.82, 2.24) is 24.1 Å². The minimum Gasteiger partial charge on any atom is -0.456 e. The summed E-state index contributed by atoms with van der Waals surface area (Å²) in [5.74, 6) is 1.75. The molecular formula is C41H23N5OS. The number of rotatable bonds is 3. The van der Waals surface area contributed by atoms with E-state index in [1.807, 2.05) is 66.4 Å². The van der Waals surface area contributed by atoms with Crippen molar-refractivity contribution < 1.29 is 4.42 Å². The fraction of sp³-hybridized carbons (Fsp3) is 0. The lowest BCUT2D eigenvalue weighted by atomic mass is 10.1. The molecule has 1 aliphatic heterocycles. The Hall–Kier alpha value is -6.18. The van der Waals surface area contributed by atoms with Gasteiger partial charge in [-0.3, -0.25) is 9.13 Å². The van der Waals surface area contributed by atoms with E-state index in [2.05, 4.69) is 94.1 Å². The highest BCUT2D eigenvalue weighted by molar-refractivity contribution is 7.99. The molecule has 0 spiro atoms. The molecule has 0 fully saturated rings. The van der Waals surface area contributed by atoms with Crippen LogP contribution in [0.5, 0.6) is 0 Å². The second-order valence-corrected chi connectivity index (χ2v) is 13.2. The number of aromatic nitrogens is 5. The van der Waals surface area contributed by atoms with Crippen LogP contribution < -0.4 is 0 Å². The first-order valence-corrected chi connectivity index (χ1v) is 16.7. The number of para-hydroxylation sites is 4. The molecule has 0 aliphatic carbocycles. The van der Waals surface area contributed by atoms with Gasteiger partial charge in [-0.15, -0.1) is 0 Å². The van der Waals surface area contributed by atoms with E-state index in [0.29, 0.717) is 17.6 Å². The van der Waals surface area contributed by atoms with Crippen LogP contribution in [-0.4, -0.2) is 24.1 Å². The van der Waals surface area contributed by atoms with E-state index in [1.165, 1.54) is 26.1 Å².